The molecular formula is C12H20N2O4. The summed E-state index contributed by atoms with van der Waals surface area (Å²) >= 11 is 0. The molecule has 2 rings (SSSR count). The second-order valence-corrected chi connectivity index (χ2v) is 5.33. The van der Waals surface area contributed by atoms with Gasteiger partial charge in [-0.1, -0.05) is 6.42 Å². The SMILES string of the molecule is CC1(OCC(=O)O)CN(C(=O)C2CCCCN2)C1. The van der Waals surface area contributed by atoms with Gasteiger partial charge in [0.15, 0.2) is 0 Å². The Morgan fingerprint density at radius 3 is 2.72 bits per heavy atom. The van der Waals surface area contributed by atoms with Crippen molar-refractivity contribution in [1.29, 1.82) is 0 Å². The van der Waals surface area contributed by atoms with Gasteiger partial charge < -0.3 is 20.1 Å². The highest BCUT2D eigenvalue weighted by Crippen LogP contribution is 2.26. The molecule has 2 saturated heterocycles. The number of likely N-dealkylation sites (tertiary alicyclic amines) is 1. The third-order valence-electron chi connectivity index (χ3n) is 3.51. The van der Waals surface area contributed by atoms with Crippen LogP contribution in [0.4, 0.5) is 0 Å². The molecule has 0 saturated carbocycles. The Labute approximate surface area is 106 Å². The predicted molar refractivity (Wildman–Crippen MR) is 64.2 cm³/mol. The first-order valence-electron chi connectivity index (χ1n) is 6.38. The van der Waals surface area contributed by atoms with E-state index in [1.165, 1.54) is 0 Å². The van der Waals surface area contributed by atoms with Crippen molar-refractivity contribution >= 4 is 11.9 Å². The van der Waals surface area contributed by atoms with Crippen LogP contribution in [0.3, 0.4) is 0 Å². The minimum atomic E-state index is -0.977. The summed E-state index contributed by atoms with van der Waals surface area (Å²) in [6, 6.07) is -0.0669. The van der Waals surface area contributed by atoms with Gasteiger partial charge in [-0.05, 0) is 26.3 Å². The molecule has 6 heteroatoms. The first kappa shape index (κ1) is 13.3. The number of carbonyl (C=O) groups excluding carboxylic acids is 1. The average molecular weight is 256 g/mol. The van der Waals surface area contributed by atoms with Crippen LogP contribution in [-0.2, 0) is 14.3 Å². The molecule has 2 heterocycles. The number of hydrogen-bond donors (Lipinski definition) is 2. The summed E-state index contributed by atoms with van der Waals surface area (Å²) in [5, 5.41) is 11.8. The van der Waals surface area contributed by atoms with Gasteiger partial charge >= 0.3 is 5.97 Å². The van der Waals surface area contributed by atoms with E-state index in [9.17, 15) is 9.59 Å². The maximum absolute atomic E-state index is 12.1. The Hall–Kier alpha value is -1.14. The number of rotatable bonds is 4. The van der Waals surface area contributed by atoms with Crippen molar-refractivity contribution in [2.45, 2.75) is 37.8 Å². The predicted octanol–water partition coefficient (Wildman–Crippen LogP) is -0.169. The second-order valence-electron chi connectivity index (χ2n) is 5.33. The zero-order valence-corrected chi connectivity index (χ0v) is 10.6. The molecule has 0 aromatic carbocycles. The lowest BCUT2D eigenvalue weighted by Gasteiger charge is -2.48. The van der Waals surface area contributed by atoms with E-state index >= 15 is 0 Å². The van der Waals surface area contributed by atoms with Crippen LogP contribution in [0.1, 0.15) is 26.2 Å². The van der Waals surface area contributed by atoms with Crippen molar-refractivity contribution in [1.82, 2.24) is 10.2 Å². The molecule has 1 unspecified atom stereocenters. The van der Waals surface area contributed by atoms with E-state index in [2.05, 4.69) is 5.32 Å². The van der Waals surface area contributed by atoms with E-state index in [1.54, 1.807) is 4.90 Å². The highest BCUT2D eigenvalue weighted by Gasteiger charge is 2.44. The number of hydrogen-bond acceptors (Lipinski definition) is 4. The lowest BCUT2D eigenvalue weighted by atomic mass is 9.93. The molecule has 0 radical (unpaired) electrons. The zero-order chi connectivity index (χ0) is 13.2. The van der Waals surface area contributed by atoms with E-state index < -0.39 is 11.6 Å². The fraction of sp³-hybridized carbons (Fsp3) is 0.833. The summed E-state index contributed by atoms with van der Waals surface area (Å²) in [4.78, 5) is 24.3. The van der Waals surface area contributed by atoms with Crippen LogP contribution in [0.5, 0.6) is 0 Å². The molecule has 102 valence electrons. The first-order chi connectivity index (χ1) is 8.50. The Balaban J connectivity index is 1.77. The molecule has 0 aliphatic carbocycles. The number of nitrogens with one attached hydrogen (secondary N) is 1. The van der Waals surface area contributed by atoms with Gasteiger partial charge in [0, 0.05) is 0 Å². The number of piperidine rings is 1. The summed E-state index contributed by atoms with van der Waals surface area (Å²) in [6.07, 6.45) is 3.11. The van der Waals surface area contributed by atoms with Crippen LogP contribution in [-0.4, -0.2) is 59.8 Å². The van der Waals surface area contributed by atoms with Crippen molar-refractivity contribution < 1.29 is 19.4 Å². The van der Waals surface area contributed by atoms with E-state index in [0.717, 1.165) is 25.8 Å². The minimum absolute atomic E-state index is 0.0669. The van der Waals surface area contributed by atoms with Crippen LogP contribution >= 0.6 is 0 Å². The average Bonchev–Trinajstić information content (AvgIpc) is 2.33. The molecule has 0 bridgehead atoms. The van der Waals surface area contributed by atoms with E-state index in [-0.39, 0.29) is 18.6 Å². The molecule has 2 N–H and O–H groups in total. The maximum Gasteiger partial charge on any atom is 0.329 e. The Kier molecular flexibility index (Phi) is 3.87. The van der Waals surface area contributed by atoms with Gasteiger partial charge in [-0.3, -0.25) is 4.79 Å². The molecule has 0 aromatic heterocycles. The van der Waals surface area contributed by atoms with Crippen molar-refractivity contribution in [3.63, 3.8) is 0 Å². The van der Waals surface area contributed by atoms with Crippen LogP contribution in [0.15, 0.2) is 0 Å². The molecule has 2 aliphatic heterocycles. The highest BCUT2D eigenvalue weighted by molar-refractivity contribution is 5.83. The maximum atomic E-state index is 12.1. The number of carboxylic acid groups (broad SMARTS) is 1. The summed E-state index contributed by atoms with van der Waals surface area (Å²) in [5.74, 6) is -0.860. The van der Waals surface area contributed by atoms with Crippen LogP contribution in [0, 0.1) is 0 Å². The number of aliphatic carboxylic acids is 1. The molecule has 2 aliphatic rings. The lowest BCUT2D eigenvalue weighted by molar-refractivity contribution is -0.174. The second kappa shape index (κ2) is 5.24. The summed E-state index contributed by atoms with van der Waals surface area (Å²) in [7, 11) is 0. The van der Waals surface area contributed by atoms with Gasteiger partial charge in [0.05, 0.1) is 19.1 Å². The summed E-state index contributed by atoms with van der Waals surface area (Å²) < 4.78 is 5.28. The van der Waals surface area contributed by atoms with E-state index in [4.69, 9.17) is 9.84 Å². The quantitative estimate of drug-likeness (QED) is 0.730. The number of carboxylic acids is 1. The normalized spacial score (nSPS) is 26.5. The standard InChI is InChI=1S/C12H20N2O4/c1-12(18-6-10(15)16)7-14(8-12)11(17)9-4-2-3-5-13-9/h9,13H,2-8H2,1H3,(H,15,16). The Morgan fingerprint density at radius 1 is 1.44 bits per heavy atom. The minimum Gasteiger partial charge on any atom is -0.480 e. The molecule has 0 spiro atoms. The van der Waals surface area contributed by atoms with Crippen molar-refractivity contribution in [3.05, 3.63) is 0 Å². The smallest absolute Gasteiger partial charge is 0.329 e. The van der Waals surface area contributed by atoms with E-state index in [0.29, 0.717) is 13.1 Å². The molecule has 1 amide bonds. The summed E-state index contributed by atoms with van der Waals surface area (Å²) in [6.45, 7) is 3.40. The molecule has 6 nitrogen and oxygen atoms in total. The Bertz CT molecular complexity index is 333. The molecule has 18 heavy (non-hydrogen) atoms. The largest absolute Gasteiger partial charge is 0.480 e. The van der Waals surface area contributed by atoms with Crippen molar-refractivity contribution in [2.75, 3.05) is 26.2 Å². The van der Waals surface area contributed by atoms with Gasteiger partial charge in [-0.25, -0.2) is 4.79 Å². The molecular weight excluding hydrogens is 236 g/mol. The van der Waals surface area contributed by atoms with Gasteiger partial charge in [0.25, 0.3) is 0 Å². The molecule has 1 atom stereocenters. The van der Waals surface area contributed by atoms with Crippen LogP contribution in [0.25, 0.3) is 0 Å². The van der Waals surface area contributed by atoms with Crippen LogP contribution < -0.4 is 5.32 Å². The van der Waals surface area contributed by atoms with Gasteiger partial charge in [0.2, 0.25) is 5.91 Å². The van der Waals surface area contributed by atoms with Crippen LogP contribution in [0.2, 0.25) is 0 Å². The Morgan fingerprint density at radius 2 is 2.17 bits per heavy atom. The topological polar surface area (TPSA) is 78.9 Å². The zero-order valence-electron chi connectivity index (χ0n) is 10.6. The lowest BCUT2D eigenvalue weighted by Crippen LogP contribution is -2.66. The molecule has 2 fully saturated rings. The van der Waals surface area contributed by atoms with Gasteiger partial charge in [0.1, 0.15) is 12.2 Å². The first-order valence-corrected chi connectivity index (χ1v) is 6.38. The highest BCUT2D eigenvalue weighted by atomic mass is 16.5. The number of nitrogens with zero attached hydrogens (tertiary/aromatic N) is 1. The van der Waals surface area contributed by atoms with Crippen molar-refractivity contribution in [3.8, 4) is 0 Å². The third-order valence-corrected chi connectivity index (χ3v) is 3.51. The summed E-state index contributed by atoms with van der Waals surface area (Å²) in [5.41, 5.74) is -0.497. The number of ether oxygens (including phenoxy) is 1. The van der Waals surface area contributed by atoms with E-state index in [1.807, 2.05) is 6.92 Å². The van der Waals surface area contributed by atoms with Crippen molar-refractivity contribution in [2.24, 2.45) is 0 Å². The third kappa shape index (κ3) is 3.00. The van der Waals surface area contributed by atoms with Gasteiger partial charge in [-0.15, -0.1) is 0 Å². The number of carbonyl (C=O) groups is 2. The molecule has 0 aromatic rings. The van der Waals surface area contributed by atoms with Gasteiger partial charge in [-0.2, -0.15) is 0 Å². The number of amides is 1. The fourth-order valence-corrected chi connectivity index (χ4v) is 2.53. The fourth-order valence-electron chi connectivity index (χ4n) is 2.53. The monoisotopic (exact) mass is 256 g/mol.